The molecule has 140 valence electrons. The number of carbonyl (C=O) groups is 1. The van der Waals surface area contributed by atoms with Gasteiger partial charge in [0.05, 0.1) is 0 Å². The summed E-state index contributed by atoms with van der Waals surface area (Å²) in [6.07, 6.45) is 1.04. The smallest absolute Gasteiger partial charge is 0.246 e. The minimum atomic E-state index is -4.05. The maximum Gasteiger partial charge on any atom is 0.246 e. The third kappa shape index (κ3) is 4.11. The molecule has 9 heteroatoms. The van der Waals surface area contributed by atoms with E-state index >= 15 is 0 Å². The second-order valence-electron chi connectivity index (χ2n) is 5.94. The van der Waals surface area contributed by atoms with Gasteiger partial charge in [-0.25, -0.2) is 17.2 Å². The van der Waals surface area contributed by atoms with Crippen LogP contribution in [0.3, 0.4) is 0 Å². The zero-order valence-corrected chi connectivity index (χ0v) is 15.5. The van der Waals surface area contributed by atoms with Crippen LogP contribution in [0.15, 0.2) is 40.6 Å². The molecule has 0 bridgehead atoms. The lowest BCUT2D eigenvalue weighted by atomic mass is 10.2. The Bertz CT molecular complexity index is 877. The van der Waals surface area contributed by atoms with E-state index in [-0.39, 0.29) is 32.1 Å². The molecule has 1 amide bonds. The van der Waals surface area contributed by atoms with Crippen LogP contribution >= 0.6 is 11.3 Å². The Morgan fingerprint density at radius 2 is 1.85 bits per heavy atom. The van der Waals surface area contributed by atoms with Crippen molar-refractivity contribution in [3.63, 3.8) is 0 Å². The summed E-state index contributed by atoms with van der Waals surface area (Å²) >= 11 is 1.59. The molecule has 26 heavy (non-hydrogen) atoms. The van der Waals surface area contributed by atoms with Gasteiger partial charge in [0.25, 0.3) is 0 Å². The Morgan fingerprint density at radius 3 is 2.46 bits per heavy atom. The fraction of sp³-hybridized carbons (Fsp3) is 0.353. The Labute approximate surface area is 154 Å². The molecule has 3 rings (SSSR count). The normalized spacial score (nSPS) is 16.0. The average molecular weight is 400 g/mol. The van der Waals surface area contributed by atoms with E-state index < -0.39 is 26.6 Å². The number of hydrogen-bond donors (Lipinski definition) is 0. The Hall–Kier alpha value is -1.84. The molecule has 0 saturated carbocycles. The quantitative estimate of drug-likeness (QED) is 0.775. The number of nitrogens with zero attached hydrogens (tertiary/aromatic N) is 2. The lowest BCUT2D eigenvalue weighted by Crippen LogP contribution is -2.50. The molecule has 1 aliphatic rings. The first-order chi connectivity index (χ1) is 12.4. The first kappa shape index (κ1) is 18.9. The number of rotatable bonds is 5. The lowest BCUT2D eigenvalue weighted by Gasteiger charge is -2.34. The molecule has 1 aromatic carbocycles. The van der Waals surface area contributed by atoms with Gasteiger partial charge in [0, 0.05) is 43.5 Å². The van der Waals surface area contributed by atoms with Gasteiger partial charge in [-0.1, -0.05) is 6.07 Å². The van der Waals surface area contributed by atoms with Gasteiger partial charge in [-0.2, -0.15) is 4.31 Å². The fourth-order valence-electron chi connectivity index (χ4n) is 2.84. The van der Waals surface area contributed by atoms with Crippen molar-refractivity contribution < 1.29 is 22.0 Å². The second kappa shape index (κ2) is 7.81. The largest absolute Gasteiger partial charge is 0.340 e. The number of halogens is 2. The van der Waals surface area contributed by atoms with Crippen molar-refractivity contribution in [2.24, 2.45) is 0 Å². The fourth-order valence-corrected chi connectivity index (χ4v) is 5.02. The van der Waals surface area contributed by atoms with Crippen molar-refractivity contribution in [1.29, 1.82) is 0 Å². The molecule has 1 saturated heterocycles. The van der Waals surface area contributed by atoms with Crippen molar-refractivity contribution in [3.05, 3.63) is 52.2 Å². The first-order valence-corrected chi connectivity index (χ1v) is 10.5. The van der Waals surface area contributed by atoms with Crippen molar-refractivity contribution in [3.8, 4) is 0 Å². The highest BCUT2D eigenvalue weighted by molar-refractivity contribution is 7.89. The van der Waals surface area contributed by atoms with Crippen LogP contribution in [0.4, 0.5) is 8.78 Å². The van der Waals surface area contributed by atoms with E-state index in [0.717, 1.165) is 21.3 Å². The third-order valence-electron chi connectivity index (χ3n) is 4.27. The summed E-state index contributed by atoms with van der Waals surface area (Å²) in [7, 11) is -4.05. The molecule has 5 nitrogen and oxygen atoms in total. The molecule has 1 fully saturated rings. The van der Waals surface area contributed by atoms with Crippen LogP contribution in [0.1, 0.15) is 11.3 Å². The van der Waals surface area contributed by atoms with Gasteiger partial charge in [0.15, 0.2) is 0 Å². The van der Waals surface area contributed by atoms with E-state index in [1.807, 2.05) is 17.5 Å². The molecule has 1 aromatic heterocycles. The van der Waals surface area contributed by atoms with Crippen LogP contribution in [0.25, 0.3) is 0 Å². The van der Waals surface area contributed by atoms with E-state index in [9.17, 15) is 22.0 Å². The molecule has 0 unspecified atom stereocenters. The van der Waals surface area contributed by atoms with Gasteiger partial charge in [-0.3, -0.25) is 4.79 Å². The molecule has 0 aliphatic carbocycles. The molecule has 2 aromatic rings. The predicted octanol–water partition coefficient (Wildman–Crippen LogP) is 2.49. The summed E-state index contributed by atoms with van der Waals surface area (Å²) in [5, 5.41) is 1.96. The number of benzene rings is 1. The summed E-state index contributed by atoms with van der Waals surface area (Å²) in [6.45, 7) is 0.685. The summed E-state index contributed by atoms with van der Waals surface area (Å²) in [5.41, 5.74) is 0. The van der Waals surface area contributed by atoms with Gasteiger partial charge in [-0.05, 0) is 30.0 Å². The van der Waals surface area contributed by atoms with Gasteiger partial charge in [-0.15, -0.1) is 11.3 Å². The topological polar surface area (TPSA) is 57.7 Å². The standard InChI is InChI=1S/C17H18F2N2O3S2/c18-13-3-5-16(15(19)12-13)26(23,24)21-9-7-20(8-10-21)17(22)6-4-14-2-1-11-25-14/h1-3,5,11-12H,4,6-10H2. The highest BCUT2D eigenvalue weighted by Gasteiger charge is 2.31. The minimum Gasteiger partial charge on any atom is -0.340 e. The van der Waals surface area contributed by atoms with Gasteiger partial charge >= 0.3 is 0 Å². The van der Waals surface area contributed by atoms with Crippen LogP contribution in [0.2, 0.25) is 0 Å². The first-order valence-electron chi connectivity index (χ1n) is 8.13. The molecule has 0 radical (unpaired) electrons. The van der Waals surface area contributed by atoms with E-state index in [1.165, 1.54) is 0 Å². The number of amides is 1. The highest BCUT2D eigenvalue weighted by atomic mass is 32.2. The number of hydrogen-bond acceptors (Lipinski definition) is 4. The lowest BCUT2D eigenvalue weighted by molar-refractivity contribution is -0.132. The van der Waals surface area contributed by atoms with Crippen molar-refractivity contribution >= 4 is 27.3 Å². The molecule has 0 atom stereocenters. The molecule has 1 aliphatic heterocycles. The van der Waals surface area contributed by atoms with Crippen molar-refractivity contribution in [1.82, 2.24) is 9.21 Å². The zero-order chi connectivity index (χ0) is 18.7. The molecule has 0 N–H and O–H groups in total. The molecule has 0 spiro atoms. The molecular formula is C17H18F2N2O3S2. The van der Waals surface area contributed by atoms with Crippen LogP contribution in [0.5, 0.6) is 0 Å². The maximum absolute atomic E-state index is 13.8. The molecule has 2 heterocycles. The van der Waals surface area contributed by atoms with E-state index in [0.29, 0.717) is 18.9 Å². The number of sulfonamides is 1. The van der Waals surface area contributed by atoms with Crippen molar-refractivity contribution in [2.75, 3.05) is 26.2 Å². The zero-order valence-electron chi connectivity index (χ0n) is 13.9. The summed E-state index contributed by atoms with van der Waals surface area (Å²) in [6, 6.07) is 6.30. The number of aryl methyl sites for hydroxylation is 1. The third-order valence-corrected chi connectivity index (χ3v) is 7.14. The summed E-state index contributed by atoms with van der Waals surface area (Å²) in [4.78, 5) is 14.5. The van der Waals surface area contributed by atoms with Gasteiger partial charge in [0.1, 0.15) is 16.5 Å². The van der Waals surface area contributed by atoms with Gasteiger partial charge < -0.3 is 4.90 Å². The van der Waals surface area contributed by atoms with Crippen LogP contribution in [-0.2, 0) is 21.2 Å². The Balaban J connectivity index is 1.59. The maximum atomic E-state index is 13.8. The average Bonchev–Trinajstić information content (AvgIpc) is 3.13. The summed E-state index contributed by atoms with van der Waals surface area (Å²) in [5.74, 6) is -1.97. The van der Waals surface area contributed by atoms with E-state index in [2.05, 4.69) is 0 Å². The number of carbonyl (C=O) groups excluding carboxylic acids is 1. The van der Waals surface area contributed by atoms with E-state index in [1.54, 1.807) is 16.2 Å². The Kier molecular flexibility index (Phi) is 5.69. The van der Waals surface area contributed by atoms with E-state index in [4.69, 9.17) is 0 Å². The van der Waals surface area contributed by atoms with Crippen molar-refractivity contribution in [2.45, 2.75) is 17.7 Å². The minimum absolute atomic E-state index is 0.0246. The number of thiophene rings is 1. The van der Waals surface area contributed by atoms with Gasteiger partial charge in [0.2, 0.25) is 15.9 Å². The van der Waals surface area contributed by atoms with Crippen LogP contribution < -0.4 is 0 Å². The predicted molar refractivity (Wildman–Crippen MR) is 94.3 cm³/mol. The number of piperazine rings is 1. The Morgan fingerprint density at radius 1 is 1.12 bits per heavy atom. The highest BCUT2D eigenvalue weighted by Crippen LogP contribution is 2.22. The monoisotopic (exact) mass is 400 g/mol. The molecular weight excluding hydrogens is 382 g/mol. The SMILES string of the molecule is O=C(CCc1cccs1)N1CCN(S(=O)(=O)c2ccc(F)cc2F)CC1. The van der Waals surface area contributed by atoms with Crippen LogP contribution in [0, 0.1) is 11.6 Å². The van der Waals surface area contributed by atoms with Crippen LogP contribution in [-0.4, -0.2) is 49.7 Å². The summed E-state index contributed by atoms with van der Waals surface area (Å²) < 4.78 is 53.0. The second-order valence-corrected chi connectivity index (χ2v) is 8.88.